The van der Waals surface area contributed by atoms with Crippen molar-refractivity contribution in [3.63, 3.8) is 0 Å². The molecule has 11 heavy (non-hydrogen) atoms. The molecule has 0 unspecified atom stereocenters. The first-order chi connectivity index (χ1) is 5.24. The largest absolute Gasteiger partial charge is 0.391 e. The van der Waals surface area contributed by atoms with E-state index in [-0.39, 0.29) is 5.91 Å². The summed E-state index contributed by atoms with van der Waals surface area (Å²) in [6, 6.07) is 3.46. The molecule has 0 atom stereocenters. The van der Waals surface area contributed by atoms with Gasteiger partial charge in [-0.05, 0) is 19.1 Å². The molecule has 0 bridgehead atoms. The number of rotatable bonds is 2. The summed E-state index contributed by atoms with van der Waals surface area (Å²) < 4.78 is 0. The summed E-state index contributed by atoms with van der Waals surface area (Å²) in [7, 11) is 0. The maximum Gasteiger partial charge on any atom is 0.261 e. The lowest BCUT2D eigenvalue weighted by Crippen LogP contribution is -2.21. The number of nitrogens with two attached hydrogens (primary N) is 1. The Morgan fingerprint density at radius 1 is 1.73 bits per heavy atom. The van der Waals surface area contributed by atoms with Gasteiger partial charge in [0, 0.05) is 6.54 Å². The zero-order valence-corrected chi connectivity index (χ0v) is 7.07. The van der Waals surface area contributed by atoms with Crippen LogP contribution in [0.5, 0.6) is 0 Å². The molecule has 3 nitrogen and oxygen atoms in total. The average molecular weight is 170 g/mol. The molecule has 0 spiro atoms. The second-order valence-electron chi connectivity index (χ2n) is 2.06. The van der Waals surface area contributed by atoms with Crippen LogP contribution in [0, 0.1) is 0 Å². The van der Waals surface area contributed by atoms with Crippen molar-refractivity contribution >= 4 is 22.2 Å². The van der Waals surface area contributed by atoms with Gasteiger partial charge in [0.1, 0.15) is 0 Å². The van der Waals surface area contributed by atoms with E-state index in [1.54, 1.807) is 12.1 Å². The lowest BCUT2D eigenvalue weighted by molar-refractivity contribution is 0.0960. The van der Waals surface area contributed by atoms with Crippen LogP contribution < -0.4 is 11.1 Å². The van der Waals surface area contributed by atoms with Crippen LogP contribution in [0.15, 0.2) is 12.1 Å². The number of nitrogens with one attached hydrogen (secondary N) is 1. The van der Waals surface area contributed by atoms with Crippen LogP contribution >= 0.6 is 11.3 Å². The van der Waals surface area contributed by atoms with Crippen molar-refractivity contribution in [2.24, 2.45) is 0 Å². The Balaban J connectivity index is 2.69. The van der Waals surface area contributed by atoms with Gasteiger partial charge >= 0.3 is 0 Å². The van der Waals surface area contributed by atoms with E-state index in [4.69, 9.17) is 5.73 Å². The molecule has 1 rings (SSSR count). The summed E-state index contributed by atoms with van der Waals surface area (Å²) in [6.45, 7) is 2.53. The van der Waals surface area contributed by atoms with E-state index in [1.807, 2.05) is 6.92 Å². The molecule has 0 aliphatic carbocycles. The van der Waals surface area contributed by atoms with E-state index in [9.17, 15) is 4.79 Å². The first kappa shape index (κ1) is 8.07. The molecule has 1 aromatic rings. The van der Waals surface area contributed by atoms with Gasteiger partial charge in [-0.3, -0.25) is 4.79 Å². The SMILES string of the molecule is CCNC(=O)c1ccc(N)s1. The van der Waals surface area contributed by atoms with Gasteiger partial charge in [-0.1, -0.05) is 0 Å². The number of nitrogen functional groups attached to an aromatic ring is 1. The third-order valence-corrected chi connectivity index (χ3v) is 2.10. The Labute approximate surface area is 69.2 Å². The number of hydrogen-bond donors (Lipinski definition) is 2. The first-order valence-electron chi connectivity index (χ1n) is 3.37. The van der Waals surface area contributed by atoms with Crippen molar-refractivity contribution in [2.45, 2.75) is 6.92 Å². The molecule has 4 heteroatoms. The van der Waals surface area contributed by atoms with E-state index in [1.165, 1.54) is 11.3 Å². The normalized spacial score (nSPS) is 9.55. The maximum atomic E-state index is 11.1. The van der Waals surface area contributed by atoms with Crippen LogP contribution in [0.25, 0.3) is 0 Å². The predicted octanol–water partition coefficient (Wildman–Crippen LogP) is 1.08. The van der Waals surface area contributed by atoms with Gasteiger partial charge < -0.3 is 11.1 Å². The summed E-state index contributed by atoms with van der Waals surface area (Å²) in [5.41, 5.74) is 5.45. The molecule has 1 amide bonds. The van der Waals surface area contributed by atoms with Crippen LogP contribution in [0.2, 0.25) is 0 Å². The predicted molar refractivity (Wildman–Crippen MR) is 46.7 cm³/mol. The third-order valence-electron chi connectivity index (χ3n) is 1.19. The second-order valence-corrected chi connectivity index (χ2v) is 3.18. The van der Waals surface area contributed by atoms with Crippen LogP contribution in [0.4, 0.5) is 5.00 Å². The first-order valence-corrected chi connectivity index (χ1v) is 4.19. The van der Waals surface area contributed by atoms with Gasteiger partial charge in [0.05, 0.1) is 9.88 Å². The molecule has 0 saturated heterocycles. The highest BCUT2D eigenvalue weighted by Crippen LogP contribution is 2.17. The molecule has 0 radical (unpaired) electrons. The van der Waals surface area contributed by atoms with Crippen molar-refractivity contribution in [3.8, 4) is 0 Å². The van der Waals surface area contributed by atoms with Crippen LogP contribution in [0.1, 0.15) is 16.6 Å². The number of hydrogen-bond acceptors (Lipinski definition) is 3. The van der Waals surface area contributed by atoms with Gasteiger partial charge in [-0.25, -0.2) is 0 Å². The topological polar surface area (TPSA) is 55.1 Å². The van der Waals surface area contributed by atoms with E-state index in [0.29, 0.717) is 16.4 Å². The fourth-order valence-corrected chi connectivity index (χ4v) is 1.41. The second kappa shape index (κ2) is 3.39. The zero-order valence-electron chi connectivity index (χ0n) is 6.26. The van der Waals surface area contributed by atoms with Crippen molar-refractivity contribution in [3.05, 3.63) is 17.0 Å². The molecule has 0 aromatic carbocycles. The van der Waals surface area contributed by atoms with Crippen molar-refractivity contribution in [1.82, 2.24) is 5.32 Å². The summed E-state index contributed by atoms with van der Waals surface area (Å²) in [6.07, 6.45) is 0. The van der Waals surface area contributed by atoms with E-state index >= 15 is 0 Å². The van der Waals surface area contributed by atoms with E-state index in [2.05, 4.69) is 5.32 Å². The van der Waals surface area contributed by atoms with Gasteiger partial charge in [0.25, 0.3) is 5.91 Å². The van der Waals surface area contributed by atoms with Gasteiger partial charge in [-0.2, -0.15) is 0 Å². The minimum Gasteiger partial charge on any atom is -0.391 e. The number of anilines is 1. The van der Waals surface area contributed by atoms with Crippen molar-refractivity contribution in [1.29, 1.82) is 0 Å². The fourth-order valence-electron chi connectivity index (χ4n) is 0.723. The molecule has 1 heterocycles. The molecule has 1 aromatic heterocycles. The molecule has 0 fully saturated rings. The minimum absolute atomic E-state index is 0.0470. The zero-order chi connectivity index (χ0) is 8.27. The van der Waals surface area contributed by atoms with Crippen LogP contribution in [0.3, 0.4) is 0 Å². The standard InChI is InChI=1S/C7H10N2OS/c1-2-9-7(10)5-3-4-6(8)11-5/h3-4H,2,8H2,1H3,(H,9,10). The van der Waals surface area contributed by atoms with E-state index in [0.717, 1.165) is 0 Å². The number of carbonyl (C=O) groups excluding carboxylic acids is 1. The Morgan fingerprint density at radius 2 is 2.45 bits per heavy atom. The van der Waals surface area contributed by atoms with Gasteiger partial charge in [0.15, 0.2) is 0 Å². The Hall–Kier alpha value is -1.03. The summed E-state index contributed by atoms with van der Waals surface area (Å²) in [5.74, 6) is -0.0470. The smallest absolute Gasteiger partial charge is 0.261 e. The maximum absolute atomic E-state index is 11.1. The Morgan fingerprint density at radius 3 is 2.91 bits per heavy atom. The average Bonchev–Trinajstić information content (AvgIpc) is 2.36. The molecule has 3 N–H and O–H groups in total. The third kappa shape index (κ3) is 1.94. The van der Waals surface area contributed by atoms with Gasteiger partial charge in [0.2, 0.25) is 0 Å². The molecule has 60 valence electrons. The van der Waals surface area contributed by atoms with Crippen molar-refractivity contribution < 1.29 is 4.79 Å². The lowest BCUT2D eigenvalue weighted by Gasteiger charge is -1.95. The van der Waals surface area contributed by atoms with Gasteiger partial charge in [-0.15, -0.1) is 11.3 Å². The highest BCUT2D eigenvalue weighted by molar-refractivity contribution is 7.17. The molecular weight excluding hydrogens is 160 g/mol. The highest BCUT2D eigenvalue weighted by atomic mass is 32.1. The number of carbonyl (C=O) groups is 1. The lowest BCUT2D eigenvalue weighted by atomic mass is 10.4. The summed E-state index contributed by atoms with van der Waals surface area (Å²) in [4.78, 5) is 11.8. The number of amides is 1. The monoisotopic (exact) mass is 170 g/mol. The molecule has 0 aliphatic heterocycles. The molecule has 0 saturated carbocycles. The van der Waals surface area contributed by atoms with E-state index < -0.39 is 0 Å². The van der Waals surface area contributed by atoms with Crippen LogP contribution in [-0.4, -0.2) is 12.5 Å². The molecule has 0 aliphatic rings. The number of thiophene rings is 1. The summed E-state index contributed by atoms with van der Waals surface area (Å²) >= 11 is 1.30. The Kier molecular flexibility index (Phi) is 2.48. The quantitative estimate of drug-likeness (QED) is 0.697. The van der Waals surface area contributed by atoms with Crippen LogP contribution in [-0.2, 0) is 0 Å². The van der Waals surface area contributed by atoms with Crippen molar-refractivity contribution in [2.75, 3.05) is 12.3 Å². The fraction of sp³-hybridized carbons (Fsp3) is 0.286. The highest BCUT2D eigenvalue weighted by Gasteiger charge is 2.05. The minimum atomic E-state index is -0.0470. The summed E-state index contributed by atoms with van der Waals surface area (Å²) in [5, 5.41) is 3.36. The molecular formula is C7H10N2OS. The Bertz CT molecular complexity index is 257.